The molecule has 0 fully saturated rings. The van der Waals surface area contributed by atoms with E-state index < -0.39 is 11.5 Å². The lowest BCUT2D eigenvalue weighted by Crippen LogP contribution is -2.21. The summed E-state index contributed by atoms with van der Waals surface area (Å²) in [5, 5.41) is 3.44. The van der Waals surface area contributed by atoms with E-state index in [0.717, 1.165) is 22.5 Å². The van der Waals surface area contributed by atoms with Crippen molar-refractivity contribution in [2.75, 3.05) is 12.4 Å². The van der Waals surface area contributed by atoms with Crippen molar-refractivity contribution >= 4 is 28.2 Å². The number of benzene rings is 2. The number of carbonyl (C=O) groups is 1. The molecular weight excluding hydrogens is 406 g/mol. The highest BCUT2D eigenvalue weighted by atomic mass is 16.5. The normalized spacial score (nSPS) is 11.1. The van der Waals surface area contributed by atoms with Gasteiger partial charge in [0.2, 0.25) is 0 Å². The number of aryl methyl sites for hydroxylation is 1. The number of anilines is 1. The van der Waals surface area contributed by atoms with Gasteiger partial charge in [0.15, 0.2) is 0 Å². The molecule has 0 saturated carbocycles. The summed E-state index contributed by atoms with van der Waals surface area (Å²) in [5.74, 6) is -0.113. The molecule has 5 rings (SSSR count). The van der Waals surface area contributed by atoms with Gasteiger partial charge in [0.1, 0.15) is 22.5 Å². The summed E-state index contributed by atoms with van der Waals surface area (Å²) < 4.78 is 12.6. The Hall–Kier alpha value is -4.39. The van der Waals surface area contributed by atoms with E-state index in [2.05, 4.69) is 10.3 Å². The topological polar surface area (TPSA) is 85.8 Å². The zero-order chi connectivity index (χ0) is 22.2. The maximum atomic E-state index is 12.9. The van der Waals surface area contributed by atoms with Crippen LogP contribution in [0.15, 0.2) is 82.3 Å². The Morgan fingerprint density at radius 2 is 1.94 bits per heavy atom. The Kier molecular flexibility index (Phi) is 4.71. The number of ether oxygens (including phenoxy) is 1. The van der Waals surface area contributed by atoms with Gasteiger partial charge in [-0.3, -0.25) is 4.79 Å². The summed E-state index contributed by atoms with van der Waals surface area (Å²) in [6.07, 6.45) is 3.87. The monoisotopic (exact) mass is 425 g/mol. The number of para-hydroxylation sites is 1. The minimum Gasteiger partial charge on any atom is -0.495 e. The first-order chi connectivity index (χ1) is 15.5. The van der Waals surface area contributed by atoms with Crippen molar-refractivity contribution in [2.45, 2.75) is 6.92 Å². The van der Waals surface area contributed by atoms with E-state index in [9.17, 15) is 9.59 Å². The predicted octanol–water partition coefficient (Wildman–Crippen LogP) is 4.68. The molecule has 3 aromatic heterocycles. The minimum atomic E-state index is -0.702. The van der Waals surface area contributed by atoms with Crippen molar-refractivity contribution in [3.05, 3.63) is 94.6 Å². The van der Waals surface area contributed by atoms with Gasteiger partial charge in [-0.25, -0.2) is 9.78 Å². The third kappa shape index (κ3) is 3.50. The van der Waals surface area contributed by atoms with E-state index in [0.29, 0.717) is 22.4 Å². The van der Waals surface area contributed by atoms with Crippen molar-refractivity contribution in [1.82, 2.24) is 9.38 Å². The van der Waals surface area contributed by atoms with Gasteiger partial charge in [-0.05, 0) is 55.0 Å². The van der Waals surface area contributed by atoms with Gasteiger partial charge in [0.05, 0.1) is 18.5 Å². The Morgan fingerprint density at radius 1 is 1.09 bits per heavy atom. The second-order valence-electron chi connectivity index (χ2n) is 7.45. The van der Waals surface area contributed by atoms with Crippen LogP contribution < -0.4 is 15.7 Å². The third-order valence-corrected chi connectivity index (χ3v) is 5.25. The Morgan fingerprint density at radius 3 is 2.78 bits per heavy atom. The van der Waals surface area contributed by atoms with Crippen molar-refractivity contribution < 1.29 is 13.9 Å². The number of hydrogen-bond donors (Lipinski definition) is 1. The molecule has 7 nitrogen and oxygen atoms in total. The molecule has 0 aliphatic carbocycles. The molecule has 0 radical (unpaired) electrons. The molecule has 5 aromatic rings. The van der Waals surface area contributed by atoms with Crippen LogP contribution in [0, 0.1) is 6.92 Å². The SMILES string of the molecule is COc1ccc(-c2cn3ccc(C)cc3n2)cc1NC(=O)c1cc2ccccc2oc1=O. The number of imidazole rings is 1. The predicted molar refractivity (Wildman–Crippen MR) is 122 cm³/mol. The van der Waals surface area contributed by atoms with Gasteiger partial charge >= 0.3 is 5.63 Å². The van der Waals surface area contributed by atoms with Crippen molar-refractivity contribution in [2.24, 2.45) is 0 Å². The standard InChI is InChI=1S/C25H19N3O4/c1-15-9-10-28-14-20(26-23(28)11-15)16-7-8-22(31-2)19(13-16)27-24(29)18-12-17-5-3-4-6-21(17)32-25(18)30/h3-14H,1-2H3,(H,27,29). The van der Waals surface area contributed by atoms with Gasteiger partial charge in [-0.1, -0.05) is 18.2 Å². The maximum absolute atomic E-state index is 12.9. The van der Waals surface area contributed by atoms with E-state index >= 15 is 0 Å². The molecule has 0 bridgehead atoms. The summed E-state index contributed by atoms with van der Waals surface area (Å²) >= 11 is 0. The first-order valence-electron chi connectivity index (χ1n) is 10.00. The average molecular weight is 425 g/mol. The number of hydrogen-bond acceptors (Lipinski definition) is 5. The number of amides is 1. The number of nitrogens with zero attached hydrogens (tertiary/aromatic N) is 2. The number of fused-ring (bicyclic) bond motifs is 2. The number of carbonyl (C=O) groups excluding carboxylic acids is 1. The summed E-state index contributed by atoms with van der Waals surface area (Å²) in [4.78, 5) is 30.0. The largest absolute Gasteiger partial charge is 0.495 e. The van der Waals surface area contributed by atoms with Crippen molar-refractivity contribution in [3.63, 3.8) is 0 Å². The van der Waals surface area contributed by atoms with Gasteiger partial charge in [0.25, 0.3) is 5.91 Å². The molecule has 1 N–H and O–H groups in total. The van der Waals surface area contributed by atoms with Gasteiger partial charge in [-0.2, -0.15) is 0 Å². The van der Waals surface area contributed by atoms with Crippen LogP contribution >= 0.6 is 0 Å². The van der Waals surface area contributed by atoms with Crippen LogP contribution in [-0.2, 0) is 0 Å². The lowest BCUT2D eigenvalue weighted by molar-refractivity contribution is 0.102. The Bertz CT molecular complexity index is 1550. The van der Waals surface area contributed by atoms with Crippen molar-refractivity contribution in [3.8, 4) is 17.0 Å². The van der Waals surface area contributed by atoms with E-state index in [1.807, 2.05) is 48.0 Å². The smallest absolute Gasteiger partial charge is 0.349 e. The summed E-state index contributed by atoms with van der Waals surface area (Å²) in [6.45, 7) is 2.01. The van der Waals surface area contributed by atoms with Gasteiger partial charge < -0.3 is 18.9 Å². The van der Waals surface area contributed by atoms with Crippen LogP contribution in [0.3, 0.4) is 0 Å². The molecule has 2 aromatic carbocycles. The fourth-order valence-electron chi connectivity index (χ4n) is 3.60. The second kappa shape index (κ2) is 7.70. The highest BCUT2D eigenvalue weighted by Gasteiger charge is 2.17. The van der Waals surface area contributed by atoms with Crippen molar-refractivity contribution in [1.29, 1.82) is 0 Å². The summed E-state index contributed by atoms with van der Waals surface area (Å²) in [6, 6.07) is 18.0. The molecule has 158 valence electrons. The van der Waals surface area contributed by atoms with E-state index in [1.54, 1.807) is 30.3 Å². The molecule has 32 heavy (non-hydrogen) atoms. The zero-order valence-electron chi connectivity index (χ0n) is 17.5. The van der Waals surface area contributed by atoms with Crippen LogP contribution in [0.25, 0.3) is 27.9 Å². The molecule has 0 aliphatic heterocycles. The molecule has 0 saturated heterocycles. The zero-order valence-corrected chi connectivity index (χ0v) is 17.5. The Labute approximate surface area is 182 Å². The number of rotatable bonds is 4. The minimum absolute atomic E-state index is 0.0839. The molecular formula is C25H19N3O4. The third-order valence-electron chi connectivity index (χ3n) is 5.25. The van der Waals surface area contributed by atoms with E-state index in [-0.39, 0.29) is 5.56 Å². The first kappa shape index (κ1) is 19.6. The highest BCUT2D eigenvalue weighted by Crippen LogP contribution is 2.31. The second-order valence-corrected chi connectivity index (χ2v) is 7.45. The number of methoxy groups -OCH3 is 1. The lowest BCUT2D eigenvalue weighted by Gasteiger charge is -2.11. The first-order valence-corrected chi connectivity index (χ1v) is 10.00. The van der Waals surface area contributed by atoms with Crippen LogP contribution in [0.1, 0.15) is 15.9 Å². The number of nitrogens with one attached hydrogen (secondary N) is 1. The molecule has 3 heterocycles. The molecule has 7 heteroatoms. The van der Waals surface area contributed by atoms with Crippen LogP contribution in [-0.4, -0.2) is 22.4 Å². The van der Waals surface area contributed by atoms with Gasteiger partial charge in [-0.15, -0.1) is 0 Å². The average Bonchev–Trinajstić information content (AvgIpc) is 3.21. The van der Waals surface area contributed by atoms with E-state index in [4.69, 9.17) is 9.15 Å². The Balaban J connectivity index is 1.52. The fraction of sp³-hybridized carbons (Fsp3) is 0.0800. The van der Waals surface area contributed by atoms with E-state index in [1.165, 1.54) is 13.2 Å². The molecule has 0 spiro atoms. The van der Waals surface area contributed by atoms with Crippen LogP contribution in [0.5, 0.6) is 5.75 Å². The maximum Gasteiger partial charge on any atom is 0.349 e. The van der Waals surface area contributed by atoms with Crippen LogP contribution in [0.2, 0.25) is 0 Å². The highest BCUT2D eigenvalue weighted by molar-refractivity contribution is 6.06. The molecule has 0 unspecified atom stereocenters. The fourth-order valence-corrected chi connectivity index (χ4v) is 3.60. The quantitative estimate of drug-likeness (QED) is 0.423. The summed E-state index contributed by atoms with van der Waals surface area (Å²) in [5.41, 5.74) is 3.56. The summed E-state index contributed by atoms with van der Waals surface area (Å²) in [7, 11) is 1.52. The molecule has 0 atom stereocenters. The number of pyridine rings is 1. The van der Waals surface area contributed by atoms with Gasteiger partial charge in [0, 0.05) is 23.3 Å². The number of aromatic nitrogens is 2. The molecule has 0 aliphatic rings. The van der Waals surface area contributed by atoms with Crippen LogP contribution in [0.4, 0.5) is 5.69 Å². The lowest BCUT2D eigenvalue weighted by atomic mass is 10.1. The molecule has 1 amide bonds.